The fourth-order valence-corrected chi connectivity index (χ4v) is 1.91. The number of allylic oxidation sites excluding steroid dienone is 1. The first-order valence-electron chi connectivity index (χ1n) is 6.90. The summed E-state index contributed by atoms with van der Waals surface area (Å²) in [5.41, 5.74) is 1.17. The van der Waals surface area contributed by atoms with Crippen molar-refractivity contribution in [2.45, 2.75) is 0 Å². The molecular formula is C18H16O5. The van der Waals surface area contributed by atoms with Gasteiger partial charge in [0.15, 0.2) is 12.4 Å². The Labute approximate surface area is 133 Å². The average molecular weight is 312 g/mol. The number of benzene rings is 2. The summed E-state index contributed by atoms with van der Waals surface area (Å²) < 4.78 is 10.2. The lowest BCUT2D eigenvalue weighted by Gasteiger charge is -2.06. The normalized spacial score (nSPS) is 10.5. The maximum atomic E-state index is 12.1. The Morgan fingerprint density at radius 3 is 2.43 bits per heavy atom. The molecule has 0 spiro atoms. The van der Waals surface area contributed by atoms with Crippen molar-refractivity contribution in [2.24, 2.45) is 0 Å². The first-order chi connectivity index (χ1) is 11.1. The first kappa shape index (κ1) is 16.3. The summed E-state index contributed by atoms with van der Waals surface area (Å²) >= 11 is 0. The maximum Gasteiger partial charge on any atom is 0.341 e. The molecule has 0 saturated carbocycles. The Bertz CT molecular complexity index is 716. The maximum absolute atomic E-state index is 12.1. The predicted molar refractivity (Wildman–Crippen MR) is 85.9 cm³/mol. The fraction of sp³-hybridized carbons (Fsp3) is 0.111. The van der Waals surface area contributed by atoms with Gasteiger partial charge in [0, 0.05) is 11.1 Å². The second-order valence-electron chi connectivity index (χ2n) is 4.65. The van der Waals surface area contributed by atoms with E-state index in [2.05, 4.69) is 0 Å². The Hall–Kier alpha value is -3.08. The topological polar surface area (TPSA) is 72.8 Å². The quantitative estimate of drug-likeness (QED) is 0.628. The molecule has 5 nitrogen and oxygen atoms in total. The molecule has 2 rings (SSSR count). The van der Waals surface area contributed by atoms with Gasteiger partial charge in [0.1, 0.15) is 11.5 Å². The summed E-state index contributed by atoms with van der Waals surface area (Å²) in [6.07, 6.45) is 3.02. The number of rotatable bonds is 7. The Morgan fingerprint density at radius 1 is 1.09 bits per heavy atom. The van der Waals surface area contributed by atoms with Gasteiger partial charge in [0.2, 0.25) is 0 Å². The number of ketones is 1. The van der Waals surface area contributed by atoms with Crippen molar-refractivity contribution >= 4 is 17.8 Å². The molecule has 0 unspecified atom stereocenters. The molecule has 2 aromatic rings. The van der Waals surface area contributed by atoms with E-state index in [0.717, 1.165) is 0 Å². The zero-order valence-corrected chi connectivity index (χ0v) is 12.6. The van der Waals surface area contributed by atoms with Crippen LogP contribution in [0.15, 0.2) is 54.6 Å². The van der Waals surface area contributed by atoms with Crippen molar-refractivity contribution in [1.29, 1.82) is 0 Å². The van der Waals surface area contributed by atoms with Crippen LogP contribution in [-0.4, -0.2) is 30.6 Å². The van der Waals surface area contributed by atoms with Crippen molar-refractivity contribution in [1.82, 2.24) is 0 Å². The minimum atomic E-state index is -1.06. The lowest BCUT2D eigenvalue weighted by molar-refractivity contribution is -0.139. The Balaban J connectivity index is 2.12. The van der Waals surface area contributed by atoms with E-state index in [-0.39, 0.29) is 5.78 Å². The van der Waals surface area contributed by atoms with Gasteiger partial charge in [-0.15, -0.1) is 0 Å². The summed E-state index contributed by atoms with van der Waals surface area (Å²) in [7, 11) is 1.56. The molecule has 0 radical (unpaired) electrons. The molecule has 23 heavy (non-hydrogen) atoms. The smallest absolute Gasteiger partial charge is 0.341 e. The number of carboxylic acids is 1. The van der Waals surface area contributed by atoms with E-state index in [9.17, 15) is 9.59 Å². The number of para-hydroxylation sites is 1. The van der Waals surface area contributed by atoms with Crippen LogP contribution in [0.3, 0.4) is 0 Å². The lowest BCUT2D eigenvalue weighted by Crippen LogP contribution is -2.09. The van der Waals surface area contributed by atoms with E-state index < -0.39 is 12.6 Å². The van der Waals surface area contributed by atoms with Crippen molar-refractivity contribution in [3.05, 3.63) is 65.7 Å². The second-order valence-corrected chi connectivity index (χ2v) is 4.65. The zero-order chi connectivity index (χ0) is 16.7. The Kier molecular flexibility index (Phi) is 5.52. The van der Waals surface area contributed by atoms with Crippen LogP contribution in [0, 0.1) is 0 Å². The number of hydrogen-bond acceptors (Lipinski definition) is 4. The molecule has 0 aromatic heterocycles. The molecule has 0 aliphatic carbocycles. The van der Waals surface area contributed by atoms with Gasteiger partial charge in [-0.1, -0.05) is 18.2 Å². The van der Waals surface area contributed by atoms with Gasteiger partial charge >= 0.3 is 5.97 Å². The van der Waals surface area contributed by atoms with E-state index in [1.807, 2.05) is 0 Å². The number of ether oxygens (including phenoxy) is 2. The lowest BCUT2D eigenvalue weighted by atomic mass is 10.1. The monoisotopic (exact) mass is 312 g/mol. The van der Waals surface area contributed by atoms with Gasteiger partial charge in [-0.3, -0.25) is 4.79 Å². The van der Waals surface area contributed by atoms with E-state index in [1.165, 1.54) is 6.08 Å². The van der Waals surface area contributed by atoms with Crippen molar-refractivity contribution in [3.63, 3.8) is 0 Å². The molecule has 0 heterocycles. The largest absolute Gasteiger partial charge is 0.497 e. The first-order valence-corrected chi connectivity index (χ1v) is 6.90. The molecule has 118 valence electrons. The van der Waals surface area contributed by atoms with Crippen LogP contribution in [0.25, 0.3) is 6.08 Å². The van der Waals surface area contributed by atoms with Crippen LogP contribution < -0.4 is 9.47 Å². The molecule has 2 aromatic carbocycles. The van der Waals surface area contributed by atoms with Crippen LogP contribution in [-0.2, 0) is 4.79 Å². The third-order valence-corrected chi connectivity index (χ3v) is 3.06. The highest BCUT2D eigenvalue weighted by Gasteiger charge is 2.05. The number of carboxylic acid groups (broad SMARTS) is 1. The number of carbonyl (C=O) groups excluding carboxylic acids is 1. The summed E-state index contributed by atoms with van der Waals surface area (Å²) in [5, 5.41) is 8.67. The fourth-order valence-electron chi connectivity index (χ4n) is 1.91. The standard InChI is InChI=1S/C18H16O5/c1-22-15-9-6-13(7-10-15)16(19)11-8-14-4-2-3-5-17(14)23-12-18(20)21/h2-11H,12H2,1H3,(H,20,21)/b11-8+. The Morgan fingerprint density at radius 2 is 1.78 bits per heavy atom. The third kappa shape index (κ3) is 4.71. The van der Waals surface area contributed by atoms with Gasteiger partial charge in [0.25, 0.3) is 0 Å². The van der Waals surface area contributed by atoms with Gasteiger partial charge in [-0.2, -0.15) is 0 Å². The van der Waals surface area contributed by atoms with Crippen molar-refractivity contribution < 1.29 is 24.2 Å². The highest BCUT2D eigenvalue weighted by Crippen LogP contribution is 2.20. The zero-order valence-electron chi connectivity index (χ0n) is 12.6. The SMILES string of the molecule is COc1ccc(C(=O)/C=C/c2ccccc2OCC(=O)O)cc1. The predicted octanol–water partition coefficient (Wildman–Crippen LogP) is 3.05. The molecule has 0 atom stereocenters. The summed E-state index contributed by atoms with van der Waals surface area (Å²) in [4.78, 5) is 22.7. The average Bonchev–Trinajstić information content (AvgIpc) is 2.58. The van der Waals surface area contributed by atoms with Crippen LogP contribution >= 0.6 is 0 Å². The van der Waals surface area contributed by atoms with E-state index in [4.69, 9.17) is 14.6 Å². The highest BCUT2D eigenvalue weighted by molar-refractivity contribution is 6.07. The minimum absolute atomic E-state index is 0.166. The molecular weight excluding hydrogens is 296 g/mol. The van der Waals surface area contributed by atoms with Crippen LogP contribution in [0.4, 0.5) is 0 Å². The molecule has 0 amide bonds. The van der Waals surface area contributed by atoms with E-state index in [1.54, 1.807) is 61.7 Å². The van der Waals surface area contributed by atoms with Crippen molar-refractivity contribution in [3.8, 4) is 11.5 Å². The molecule has 0 aliphatic heterocycles. The van der Waals surface area contributed by atoms with Gasteiger partial charge in [-0.05, 0) is 42.5 Å². The molecule has 5 heteroatoms. The summed E-state index contributed by atoms with van der Waals surface area (Å²) in [6.45, 7) is -0.433. The van der Waals surface area contributed by atoms with Crippen LogP contribution in [0.5, 0.6) is 11.5 Å². The summed E-state index contributed by atoms with van der Waals surface area (Å²) in [6, 6.07) is 13.7. The molecule has 0 fully saturated rings. The molecule has 0 bridgehead atoms. The van der Waals surface area contributed by atoms with E-state index >= 15 is 0 Å². The van der Waals surface area contributed by atoms with Gasteiger partial charge < -0.3 is 14.6 Å². The minimum Gasteiger partial charge on any atom is -0.497 e. The van der Waals surface area contributed by atoms with Gasteiger partial charge in [-0.25, -0.2) is 4.79 Å². The number of methoxy groups -OCH3 is 1. The van der Waals surface area contributed by atoms with E-state index in [0.29, 0.717) is 22.6 Å². The highest BCUT2D eigenvalue weighted by atomic mass is 16.5. The second kappa shape index (κ2) is 7.79. The number of carbonyl (C=O) groups is 2. The third-order valence-electron chi connectivity index (χ3n) is 3.06. The number of aliphatic carboxylic acids is 1. The number of hydrogen-bond donors (Lipinski definition) is 1. The van der Waals surface area contributed by atoms with Crippen LogP contribution in [0.2, 0.25) is 0 Å². The molecule has 1 N–H and O–H groups in total. The summed E-state index contributed by atoms with van der Waals surface area (Å²) in [5.74, 6) is -0.134. The molecule has 0 saturated heterocycles. The van der Waals surface area contributed by atoms with Gasteiger partial charge in [0.05, 0.1) is 7.11 Å². The van der Waals surface area contributed by atoms with Crippen molar-refractivity contribution in [2.75, 3.05) is 13.7 Å². The molecule has 0 aliphatic rings. The van der Waals surface area contributed by atoms with Crippen LogP contribution in [0.1, 0.15) is 15.9 Å².